The molecule has 106 valence electrons. The Bertz CT molecular complexity index is 493. The Morgan fingerprint density at radius 1 is 0.950 bits per heavy atom. The van der Waals surface area contributed by atoms with Gasteiger partial charge in [-0.3, -0.25) is 0 Å². The molecule has 0 bridgehead atoms. The van der Waals surface area contributed by atoms with Gasteiger partial charge in [0.2, 0.25) is 0 Å². The largest absolute Gasteiger partial charge is 0.367 e. The summed E-state index contributed by atoms with van der Waals surface area (Å²) in [6.07, 6.45) is 0.00968. The van der Waals surface area contributed by atoms with Crippen molar-refractivity contribution in [3.63, 3.8) is 0 Å². The lowest BCUT2D eigenvalue weighted by Gasteiger charge is -2.19. The van der Waals surface area contributed by atoms with Crippen LogP contribution in [0.2, 0.25) is 0 Å². The van der Waals surface area contributed by atoms with E-state index in [1.54, 1.807) is 0 Å². The van der Waals surface area contributed by atoms with E-state index in [2.05, 4.69) is 67.7 Å². The van der Waals surface area contributed by atoms with E-state index < -0.39 is 0 Å². The number of aryl methyl sites for hydroxylation is 1. The average Bonchev–Trinajstić information content (AvgIpc) is 2.50. The van der Waals surface area contributed by atoms with Gasteiger partial charge in [-0.15, -0.1) is 0 Å². The van der Waals surface area contributed by atoms with Crippen molar-refractivity contribution in [3.05, 3.63) is 71.3 Å². The standard InChI is InChI=1S/C18H23NO/c1-3-19-13-14-20-18(16-7-5-4-6-8-16)17-11-9-15(2)10-12-17/h4-12,18-19H,3,13-14H2,1-2H3/t18-/m1/s1. The molecule has 0 spiro atoms. The Hall–Kier alpha value is -1.64. The number of rotatable bonds is 7. The molecule has 2 rings (SSSR count). The van der Waals surface area contributed by atoms with Crippen molar-refractivity contribution in [1.82, 2.24) is 5.32 Å². The highest BCUT2D eigenvalue weighted by Gasteiger charge is 2.13. The minimum absolute atomic E-state index is 0.00968. The highest BCUT2D eigenvalue weighted by atomic mass is 16.5. The van der Waals surface area contributed by atoms with Crippen LogP contribution in [0.15, 0.2) is 54.6 Å². The van der Waals surface area contributed by atoms with Gasteiger partial charge < -0.3 is 10.1 Å². The van der Waals surface area contributed by atoms with Crippen LogP contribution >= 0.6 is 0 Å². The predicted octanol–water partition coefficient (Wildman–Crippen LogP) is 3.71. The summed E-state index contributed by atoms with van der Waals surface area (Å²) in [5, 5.41) is 3.29. The Labute approximate surface area is 121 Å². The van der Waals surface area contributed by atoms with Crippen LogP contribution in [0.3, 0.4) is 0 Å². The SMILES string of the molecule is CCNCCO[C@H](c1ccccc1)c1ccc(C)cc1. The molecular formula is C18H23NO. The van der Waals surface area contributed by atoms with Crippen LogP contribution in [-0.2, 0) is 4.74 Å². The molecule has 0 saturated carbocycles. The zero-order chi connectivity index (χ0) is 14.2. The molecule has 0 saturated heterocycles. The number of nitrogens with one attached hydrogen (secondary N) is 1. The second kappa shape index (κ2) is 7.83. The van der Waals surface area contributed by atoms with Crippen molar-refractivity contribution in [2.45, 2.75) is 20.0 Å². The van der Waals surface area contributed by atoms with Gasteiger partial charge in [0.1, 0.15) is 6.10 Å². The maximum atomic E-state index is 6.09. The van der Waals surface area contributed by atoms with Gasteiger partial charge in [0, 0.05) is 6.54 Å². The topological polar surface area (TPSA) is 21.3 Å². The molecule has 20 heavy (non-hydrogen) atoms. The van der Waals surface area contributed by atoms with Crippen LogP contribution in [0.25, 0.3) is 0 Å². The van der Waals surface area contributed by atoms with E-state index in [1.165, 1.54) is 16.7 Å². The monoisotopic (exact) mass is 269 g/mol. The molecule has 0 unspecified atom stereocenters. The summed E-state index contributed by atoms with van der Waals surface area (Å²) in [6, 6.07) is 19.0. The summed E-state index contributed by atoms with van der Waals surface area (Å²) in [4.78, 5) is 0. The normalized spacial score (nSPS) is 12.3. The van der Waals surface area contributed by atoms with E-state index in [0.29, 0.717) is 6.61 Å². The van der Waals surface area contributed by atoms with Gasteiger partial charge in [-0.05, 0) is 24.6 Å². The van der Waals surface area contributed by atoms with E-state index >= 15 is 0 Å². The van der Waals surface area contributed by atoms with Crippen LogP contribution in [0.4, 0.5) is 0 Å². The summed E-state index contributed by atoms with van der Waals surface area (Å²) in [6.45, 7) is 6.78. The fourth-order valence-corrected chi connectivity index (χ4v) is 2.18. The van der Waals surface area contributed by atoms with Gasteiger partial charge in [-0.25, -0.2) is 0 Å². The summed E-state index contributed by atoms with van der Waals surface area (Å²) >= 11 is 0. The molecule has 2 aromatic rings. The zero-order valence-electron chi connectivity index (χ0n) is 12.3. The van der Waals surface area contributed by atoms with E-state index in [4.69, 9.17) is 4.74 Å². The molecule has 0 aliphatic carbocycles. The van der Waals surface area contributed by atoms with Crippen LogP contribution in [0.5, 0.6) is 0 Å². The fraction of sp³-hybridized carbons (Fsp3) is 0.333. The van der Waals surface area contributed by atoms with E-state index in [-0.39, 0.29) is 6.10 Å². The maximum absolute atomic E-state index is 6.09. The van der Waals surface area contributed by atoms with Crippen LogP contribution < -0.4 is 5.32 Å². The first kappa shape index (κ1) is 14.8. The second-order valence-corrected chi connectivity index (χ2v) is 4.93. The Balaban J connectivity index is 2.13. The van der Waals surface area contributed by atoms with Gasteiger partial charge in [-0.2, -0.15) is 0 Å². The lowest BCUT2D eigenvalue weighted by molar-refractivity contribution is 0.0824. The highest BCUT2D eigenvalue weighted by Crippen LogP contribution is 2.25. The third kappa shape index (κ3) is 4.19. The van der Waals surface area contributed by atoms with Crippen molar-refractivity contribution in [3.8, 4) is 0 Å². The van der Waals surface area contributed by atoms with Crippen molar-refractivity contribution in [2.24, 2.45) is 0 Å². The number of hydrogen-bond donors (Lipinski definition) is 1. The smallest absolute Gasteiger partial charge is 0.108 e. The lowest BCUT2D eigenvalue weighted by Crippen LogP contribution is -2.20. The molecule has 0 heterocycles. The molecule has 0 radical (unpaired) electrons. The second-order valence-electron chi connectivity index (χ2n) is 4.93. The molecule has 0 aliphatic heterocycles. The molecule has 0 amide bonds. The highest BCUT2D eigenvalue weighted by molar-refractivity contribution is 5.31. The average molecular weight is 269 g/mol. The third-order valence-corrected chi connectivity index (χ3v) is 3.30. The summed E-state index contributed by atoms with van der Waals surface area (Å²) in [7, 11) is 0. The van der Waals surface area contributed by atoms with Gasteiger partial charge in [0.05, 0.1) is 6.61 Å². The van der Waals surface area contributed by atoms with Crippen LogP contribution in [0, 0.1) is 6.92 Å². The zero-order valence-corrected chi connectivity index (χ0v) is 12.3. The third-order valence-electron chi connectivity index (χ3n) is 3.30. The molecule has 2 heteroatoms. The van der Waals surface area contributed by atoms with E-state index in [0.717, 1.165) is 13.1 Å². The molecule has 0 aromatic heterocycles. The lowest BCUT2D eigenvalue weighted by atomic mass is 10.0. The molecule has 1 atom stereocenters. The summed E-state index contributed by atoms with van der Waals surface area (Å²) in [5.41, 5.74) is 3.68. The molecular weight excluding hydrogens is 246 g/mol. The summed E-state index contributed by atoms with van der Waals surface area (Å²) < 4.78 is 6.09. The van der Waals surface area contributed by atoms with Crippen molar-refractivity contribution >= 4 is 0 Å². The quantitative estimate of drug-likeness (QED) is 0.774. The molecule has 1 N–H and O–H groups in total. The van der Waals surface area contributed by atoms with Gasteiger partial charge >= 0.3 is 0 Å². The first-order valence-electron chi connectivity index (χ1n) is 7.25. The molecule has 0 aliphatic rings. The van der Waals surface area contributed by atoms with Gasteiger partial charge in [-0.1, -0.05) is 67.1 Å². The first-order valence-corrected chi connectivity index (χ1v) is 7.25. The van der Waals surface area contributed by atoms with E-state index in [9.17, 15) is 0 Å². The van der Waals surface area contributed by atoms with Gasteiger partial charge in [0.15, 0.2) is 0 Å². The van der Waals surface area contributed by atoms with Crippen molar-refractivity contribution in [2.75, 3.05) is 19.7 Å². The predicted molar refractivity (Wildman–Crippen MR) is 84.0 cm³/mol. The summed E-state index contributed by atoms with van der Waals surface area (Å²) in [5.74, 6) is 0. The molecule has 0 fully saturated rings. The Kier molecular flexibility index (Phi) is 5.78. The van der Waals surface area contributed by atoms with E-state index in [1.807, 2.05) is 6.07 Å². The van der Waals surface area contributed by atoms with Gasteiger partial charge in [0.25, 0.3) is 0 Å². The number of benzene rings is 2. The minimum atomic E-state index is 0.00968. The number of likely N-dealkylation sites (N-methyl/N-ethyl adjacent to an activating group) is 1. The first-order chi connectivity index (χ1) is 9.81. The maximum Gasteiger partial charge on any atom is 0.108 e. The number of ether oxygens (including phenoxy) is 1. The number of hydrogen-bond acceptors (Lipinski definition) is 2. The molecule has 2 aromatic carbocycles. The van der Waals surface area contributed by atoms with Crippen LogP contribution in [-0.4, -0.2) is 19.7 Å². The minimum Gasteiger partial charge on any atom is -0.367 e. The van der Waals surface area contributed by atoms with Crippen molar-refractivity contribution < 1.29 is 4.74 Å². The van der Waals surface area contributed by atoms with Crippen LogP contribution in [0.1, 0.15) is 29.7 Å². The Morgan fingerprint density at radius 2 is 1.60 bits per heavy atom. The fourth-order valence-electron chi connectivity index (χ4n) is 2.18. The Morgan fingerprint density at radius 3 is 2.25 bits per heavy atom. The van der Waals surface area contributed by atoms with Crippen molar-refractivity contribution in [1.29, 1.82) is 0 Å². The molecule has 2 nitrogen and oxygen atoms in total.